The normalized spacial score (nSPS) is 13.9. The van der Waals surface area contributed by atoms with Crippen LogP contribution in [0.4, 0.5) is 0 Å². The van der Waals surface area contributed by atoms with Gasteiger partial charge in [0.05, 0.1) is 12.2 Å². The number of ether oxygens (including phenoxy) is 1. The molecule has 1 aromatic rings. The van der Waals surface area contributed by atoms with Crippen LogP contribution in [0.2, 0.25) is 0 Å². The first-order valence-corrected chi connectivity index (χ1v) is 6.19. The topological polar surface area (TPSA) is 76.7 Å². The second-order valence-corrected chi connectivity index (χ2v) is 4.54. The Balaban J connectivity index is 2.46. The molecule has 0 radical (unpaired) electrons. The maximum Gasteiger partial charge on any atom is 0.137 e. The Bertz CT molecular complexity index is 431. The van der Waals surface area contributed by atoms with Crippen molar-refractivity contribution in [3.8, 4) is 11.8 Å². The average Bonchev–Trinajstić information content (AvgIpc) is 2.44. The molecule has 2 atom stereocenters. The zero-order valence-electron chi connectivity index (χ0n) is 11.3. The zero-order valence-corrected chi connectivity index (χ0v) is 11.3. The lowest BCUT2D eigenvalue weighted by Gasteiger charge is -2.25. The Kier molecular flexibility index (Phi) is 6.30. The summed E-state index contributed by atoms with van der Waals surface area (Å²) < 4.78 is 5.44. The van der Waals surface area contributed by atoms with E-state index in [1.807, 2.05) is 24.9 Å². The largest absolute Gasteiger partial charge is 0.489 e. The summed E-state index contributed by atoms with van der Waals surface area (Å²) in [5.41, 5.74) is 0.451. The van der Waals surface area contributed by atoms with E-state index in [0.717, 1.165) is 0 Å². The van der Waals surface area contributed by atoms with Gasteiger partial charge in [-0.05, 0) is 26.1 Å². The lowest BCUT2D eigenvalue weighted by atomic mass is 10.2. The minimum absolute atomic E-state index is 0.0129. The van der Waals surface area contributed by atoms with Gasteiger partial charge in [0.2, 0.25) is 0 Å². The highest BCUT2D eigenvalue weighted by molar-refractivity contribution is 5.42. The van der Waals surface area contributed by atoms with Crippen molar-refractivity contribution in [3.05, 3.63) is 29.8 Å². The molecule has 0 aliphatic heterocycles. The monoisotopic (exact) mass is 264 g/mol. The number of likely N-dealkylation sites (N-methyl/N-ethyl adjacent to an activating group) is 1. The Hall–Kier alpha value is -1.61. The first-order valence-electron chi connectivity index (χ1n) is 6.19. The van der Waals surface area contributed by atoms with Crippen LogP contribution in [0.5, 0.6) is 5.75 Å². The SMILES string of the molecule is CC(CO)N(C)CC(O)COc1ccccc1C#N. The van der Waals surface area contributed by atoms with Crippen LogP contribution in [0.3, 0.4) is 0 Å². The van der Waals surface area contributed by atoms with Crippen molar-refractivity contribution >= 4 is 0 Å². The molecule has 0 fully saturated rings. The predicted molar refractivity (Wildman–Crippen MR) is 71.8 cm³/mol. The molecule has 0 aliphatic carbocycles. The van der Waals surface area contributed by atoms with Crippen molar-refractivity contribution in [3.63, 3.8) is 0 Å². The minimum Gasteiger partial charge on any atom is -0.489 e. The number of para-hydroxylation sites is 1. The van der Waals surface area contributed by atoms with Gasteiger partial charge in [-0.3, -0.25) is 4.90 Å². The maximum atomic E-state index is 9.86. The van der Waals surface area contributed by atoms with Gasteiger partial charge in [-0.1, -0.05) is 12.1 Å². The first kappa shape index (κ1) is 15.4. The van der Waals surface area contributed by atoms with Gasteiger partial charge in [-0.25, -0.2) is 0 Å². The zero-order chi connectivity index (χ0) is 14.3. The second-order valence-electron chi connectivity index (χ2n) is 4.54. The molecule has 0 aliphatic rings. The average molecular weight is 264 g/mol. The molecule has 0 heterocycles. The number of hydrogen-bond donors (Lipinski definition) is 2. The van der Waals surface area contributed by atoms with E-state index in [1.54, 1.807) is 24.3 Å². The number of rotatable bonds is 7. The highest BCUT2D eigenvalue weighted by Gasteiger charge is 2.14. The molecular weight excluding hydrogens is 244 g/mol. The summed E-state index contributed by atoms with van der Waals surface area (Å²) in [5, 5.41) is 27.8. The summed E-state index contributed by atoms with van der Waals surface area (Å²) >= 11 is 0. The van der Waals surface area contributed by atoms with Crippen LogP contribution in [0.25, 0.3) is 0 Å². The van der Waals surface area contributed by atoms with Crippen LogP contribution < -0.4 is 4.74 Å². The summed E-state index contributed by atoms with van der Waals surface area (Å²) in [7, 11) is 1.83. The molecule has 0 aromatic heterocycles. The van der Waals surface area contributed by atoms with Crippen LogP contribution in [0, 0.1) is 11.3 Å². The Morgan fingerprint density at radius 2 is 2.11 bits per heavy atom. The third-order valence-corrected chi connectivity index (χ3v) is 2.95. The third-order valence-electron chi connectivity index (χ3n) is 2.95. The van der Waals surface area contributed by atoms with E-state index in [0.29, 0.717) is 17.9 Å². The fourth-order valence-corrected chi connectivity index (χ4v) is 1.58. The van der Waals surface area contributed by atoms with Gasteiger partial charge in [0.1, 0.15) is 24.5 Å². The fraction of sp³-hybridized carbons (Fsp3) is 0.500. The summed E-state index contributed by atoms with van der Waals surface area (Å²) in [6.45, 7) is 2.43. The van der Waals surface area contributed by atoms with Crippen LogP contribution in [-0.4, -0.2) is 54.1 Å². The summed E-state index contributed by atoms with van der Waals surface area (Å²) in [6, 6.07) is 8.94. The number of nitriles is 1. The molecule has 0 spiro atoms. The van der Waals surface area contributed by atoms with Crippen molar-refractivity contribution in [2.75, 3.05) is 26.8 Å². The van der Waals surface area contributed by atoms with Crippen molar-refractivity contribution < 1.29 is 14.9 Å². The molecule has 19 heavy (non-hydrogen) atoms. The molecule has 2 N–H and O–H groups in total. The molecule has 5 heteroatoms. The minimum atomic E-state index is -0.675. The van der Waals surface area contributed by atoms with E-state index in [9.17, 15) is 5.11 Å². The van der Waals surface area contributed by atoms with Gasteiger partial charge in [0, 0.05) is 12.6 Å². The number of nitrogens with zero attached hydrogens (tertiary/aromatic N) is 2. The van der Waals surface area contributed by atoms with Crippen LogP contribution in [0.15, 0.2) is 24.3 Å². The van der Waals surface area contributed by atoms with Gasteiger partial charge in [-0.2, -0.15) is 5.26 Å². The molecule has 1 aromatic carbocycles. The molecule has 0 saturated heterocycles. The highest BCUT2D eigenvalue weighted by atomic mass is 16.5. The molecule has 0 saturated carbocycles. The lowest BCUT2D eigenvalue weighted by Crippen LogP contribution is -2.39. The summed E-state index contributed by atoms with van der Waals surface area (Å²) in [6.07, 6.45) is -0.675. The second kappa shape index (κ2) is 7.74. The Morgan fingerprint density at radius 3 is 2.74 bits per heavy atom. The highest BCUT2D eigenvalue weighted by Crippen LogP contribution is 2.16. The number of hydrogen-bond acceptors (Lipinski definition) is 5. The lowest BCUT2D eigenvalue weighted by molar-refractivity contribution is 0.0542. The summed E-state index contributed by atoms with van der Waals surface area (Å²) in [5.74, 6) is 0.474. The molecule has 0 bridgehead atoms. The molecule has 0 amide bonds. The molecular formula is C14H20N2O3. The first-order chi connectivity index (χ1) is 9.08. The van der Waals surface area contributed by atoms with Crippen molar-refractivity contribution in [1.82, 2.24) is 4.90 Å². The number of aliphatic hydroxyl groups is 2. The van der Waals surface area contributed by atoms with Crippen molar-refractivity contribution in [2.24, 2.45) is 0 Å². The van der Waals surface area contributed by atoms with Gasteiger partial charge in [-0.15, -0.1) is 0 Å². The van der Waals surface area contributed by atoms with Crippen LogP contribution >= 0.6 is 0 Å². The van der Waals surface area contributed by atoms with Gasteiger partial charge < -0.3 is 14.9 Å². The standard InChI is InChI=1S/C14H20N2O3/c1-11(9-17)16(2)8-13(18)10-19-14-6-4-3-5-12(14)7-15/h3-6,11,13,17-18H,8-10H2,1-2H3. The van der Waals surface area contributed by atoms with E-state index in [2.05, 4.69) is 0 Å². The molecule has 1 rings (SSSR count). The van der Waals surface area contributed by atoms with Gasteiger partial charge >= 0.3 is 0 Å². The fourth-order valence-electron chi connectivity index (χ4n) is 1.58. The van der Waals surface area contributed by atoms with E-state index >= 15 is 0 Å². The number of benzene rings is 1. The van der Waals surface area contributed by atoms with Crippen molar-refractivity contribution in [2.45, 2.75) is 19.1 Å². The van der Waals surface area contributed by atoms with Crippen molar-refractivity contribution in [1.29, 1.82) is 5.26 Å². The molecule has 104 valence electrons. The Morgan fingerprint density at radius 1 is 1.42 bits per heavy atom. The van der Waals surface area contributed by atoms with E-state index < -0.39 is 6.10 Å². The van der Waals surface area contributed by atoms with Crippen LogP contribution in [0.1, 0.15) is 12.5 Å². The third kappa shape index (κ3) is 4.87. The van der Waals surface area contributed by atoms with E-state index in [1.165, 1.54) is 0 Å². The quantitative estimate of drug-likeness (QED) is 0.754. The maximum absolute atomic E-state index is 9.86. The number of aliphatic hydroxyl groups excluding tert-OH is 2. The summed E-state index contributed by atoms with van der Waals surface area (Å²) in [4.78, 5) is 1.85. The predicted octanol–water partition coefficient (Wildman–Crippen LogP) is 0.611. The Labute approximate surface area is 113 Å². The smallest absolute Gasteiger partial charge is 0.137 e. The van der Waals surface area contributed by atoms with Gasteiger partial charge in [0.25, 0.3) is 0 Å². The van der Waals surface area contributed by atoms with E-state index in [-0.39, 0.29) is 19.3 Å². The molecule has 5 nitrogen and oxygen atoms in total. The van der Waals surface area contributed by atoms with E-state index in [4.69, 9.17) is 15.1 Å². The van der Waals surface area contributed by atoms with Gasteiger partial charge in [0.15, 0.2) is 0 Å². The molecule has 2 unspecified atom stereocenters. The van der Waals surface area contributed by atoms with Crippen LogP contribution in [-0.2, 0) is 0 Å².